The Kier molecular flexibility index (Phi) is 3.77. The summed E-state index contributed by atoms with van der Waals surface area (Å²) < 4.78 is 0. The molecule has 13 heavy (non-hydrogen) atoms. The lowest BCUT2D eigenvalue weighted by Crippen LogP contribution is -2.11. The Balaban J connectivity index is 2.54. The van der Waals surface area contributed by atoms with E-state index in [2.05, 4.69) is 5.32 Å². The highest BCUT2D eigenvalue weighted by Crippen LogP contribution is 2.08. The molecule has 0 aliphatic rings. The van der Waals surface area contributed by atoms with Gasteiger partial charge in [0.15, 0.2) is 0 Å². The van der Waals surface area contributed by atoms with E-state index in [0.29, 0.717) is 12.3 Å². The summed E-state index contributed by atoms with van der Waals surface area (Å²) in [4.78, 5) is 11.1. The molecule has 1 N–H and O–H groups in total. The van der Waals surface area contributed by atoms with Crippen LogP contribution in [0.1, 0.15) is 12.0 Å². The van der Waals surface area contributed by atoms with E-state index in [1.54, 1.807) is 0 Å². The van der Waals surface area contributed by atoms with Crippen molar-refractivity contribution in [2.75, 3.05) is 11.2 Å². The van der Waals surface area contributed by atoms with E-state index in [1.807, 2.05) is 31.2 Å². The van der Waals surface area contributed by atoms with Crippen LogP contribution in [0.5, 0.6) is 0 Å². The molecule has 0 spiro atoms. The topological polar surface area (TPSA) is 29.1 Å². The van der Waals surface area contributed by atoms with Crippen LogP contribution < -0.4 is 5.32 Å². The van der Waals surface area contributed by atoms with Gasteiger partial charge in [-0.15, -0.1) is 11.6 Å². The van der Waals surface area contributed by atoms with Crippen molar-refractivity contribution in [1.29, 1.82) is 0 Å². The average molecular weight is 198 g/mol. The Labute approximate surface area is 82.9 Å². The monoisotopic (exact) mass is 197 g/mol. The summed E-state index contributed by atoms with van der Waals surface area (Å²) in [5.41, 5.74) is 2.00. The second-order valence-corrected chi connectivity index (χ2v) is 3.23. The molecule has 1 rings (SSSR count). The van der Waals surface area contributed by atoms with E-state index in [0.717, 1.165) is 5.69 Å². The molecule has 0 aliphatic heterocycles. The van der Waals surface area contributed by atoms with Crippen molar-refractivity contribution in [2.24, 2.45) is 0 Å². The first-order valence-electron chi connectivity index (χ1n) is 4.15. The predicted octanol–water partition coefficient (Wildman–Crippen LogP) is 2.56. The zero-order chi connectivity index (χ0) is 9.68. The number of anilines is 1. The van der Waals surface area contributed by atoms with Gasteiger partial charge in [0.25, 0.3) is 0 Å². The minimum atomic E-state index is -0.0427. The van der Waals surface area contributed by atoms with Gasteiger partial charge < -0.3 is 5.32 Å². The zero-order valence-electron chi connectivity index (χ0n) is 7.51. The smallest absolute Gasteiger partial charge is 0.225 e. The molecule has 0 aliphatic carbocycles. The van der Waals surface area contributed by atoms with Crippen molar-refractivity contribution in [3.8, 4) is 0 Å². The summed E-state index contributed by atoms with van der Waals surface area (Å²) in [5.74, 6) is 0.316. The quantitative estimate of drug-likeness (QED) is 0.742. The summed E-state index contributed by atoms with van der Waals surface area (Å²) in [6, 6.07) is 7.66. The molecule has 0 atom stereocenters. The molecule has 70 valence electrons. The van der Waals surface area contributed by atoms with Gasteiger partial charge in [-0.3, -0.25) is 4.79 Å². The number of amides is 1. The highest BCUT2D eigenvalue weighted by Gasteiger charge is 1.99. The normalized spacial score (nSPS) is 9.69. The number of nitrogens with one attached hydrogen (secondary N) is 1. The Morgan fingerprint density at radius 2 is 2.00 bits per heavy atom. The number of carbonyl (C=O) groups excluding carboxylic acids is 1. The fraction of sp³-hybridized carbons (Fsp3) is 0.300. The third kappa shape index (κ3) is 3.47. The molecule has 1 amide bonds. The summed E-state index contributed by atoms with van der Waals surface area (Å²) in [6.45, 7) is 2.00. The maximum Gasteiger partial charge on any atom is 0.225 e. The van der Waals surface area contributed by atoms with Crippen molar-refractivity contribution in [3.05, 3.63) is 29.8 Å². The number of hydrogen-bond acceptors (Lipinski definition) is 1. The van der Waals surface area contributed by atoms with Crippen molar-refractivity contribution in [3.63, 3.8) is 0 Å². The van der Waals surface area contributed by atoms with Gasteiger partial charge in [-0.05, 0) is 19.1 Å². The van der Waals surface area contributed by atoms with Crippen LogP contribution in [-0.2, 0) is 4.79 Å². The molecule has 2 nitrogen and oxygen atoms in total. The number of hydrogen-bond donors (Lipinski definition) is 1. The van der Waals surface area contributed by atoms with Gasteiger partial charge in [0, 0.05) is 18.0 Å². The SMILES string of the molecule is Cc1ccc(NC(=O)CCCl)cc1. The summed E-state index contributed by atoms with van der Waals surface area (Å²) in [7, 11) is 0. The first-order chi connectivity index (χ1) is 6.22. The average Bonchev–Trinajstić information content (AvgIpc) is 2.09. The van der Waals surface area contributed by atoms with E-state index in [9.17, 15) is 4.79 Å². The van der Waals surface area contributed by atoms with Crippen LogP contribution in [0.25, 0.3) is 0 Å². The molecule has 0 aromatic heterocycles. The van der Waals surface area contributed by atoms with Crippen molar-refractivity contribution >= 4 is 23.2 Å². The number of aryl methyl sites for hydroxylation is 1. The van der Waals surface area contributed by atoms with Crippen LogP contribution in [0.2, 0.25) is 0 Å². The van der Waals surface area contributed by atoms with Crippen LogP contribution in [0, 0.1) is 6.92 Å². The minimum Gasteiger partial charge on any atom is -0.326 e. The Bertz CT molecular complexity index is 281. The molecule has 0 heterocycles. The summed E-state index contributed by atoms with van der Waals surface area (Å²) in [5, 5.41) is 2.75. The van der Waals surface area contributed by atoms with E-state index >= 15 is 0 Å². The minimum absolute atomic E-state index is 0.0427. The molecule has 3 heteroatoms. The summed E-state index contributed by atoms with van der Waals surface area (Å²) in [6.07, 6.45) is 0.357. The van der Waals surface area contributed by atoms with E-state index in [4.69, 9.17) is 11.6 Å². The molecular weight excluding hydrogens is 186 g/mol. The third-order valence-corrected chi connectivity index (χ3v) is 1.85. The molecule has 0 bridgehead atoms. The second kappa shape index (κ2) is 4.87. The molecule has 0 fully saturated rings. The molecule has 0 saturated carbocycles. The predicted molar refractivity (Wildman–Crippen MR) is 55.1 cm³/mol. The van der Waals surface area contributed by atoms with Gasteiger partial charge in [-0.25, -0.2) is 0 Å². The van der Waals surface area contributed by atoms with Crippen LogP contribution in [0.15, 0.2) is 24.3 Å². The molecular formula is C10H12ClNO. The van der Waals surface area contributed by atoms with E-state index < -0.39 is 0 Å². The molecule has 0 unspecified atom stereocenters. The van der Waals surface area contributed by atoms with Gasteiger partial charge >= 0.3 is 0 Å². The zero-order valence-corrected chi connectivity index (χ0v) is 8.27. The lowest BCUT2D eigenvalue weighted by molar-refractivity contribution is -0.115. The lowest BCUT2D eigenvalue weighted by atomic mass is 10.2. The fourth-order valence-electron chi connectivity index (χ4n) is 0.946. The van der Waals surface area contributed by atoms with Gasteiger partial charge in [-0.2, -0.15) is 0 Å². The largest absolute Gasteiger partial charge is 0.326 e. The number of carbonyl (C=O) groups is 1. The Hall–Kier alpha value is -1.02. The molecule has 0 saturated heterocycles. The lowest BCUT2D eigenvalue weighted by Gasteiger charge is -2.03. The first-order valence-corrected chi connectivity index (χ1v) is 4.68. The summed E-state index contributed by atoms with van der Waals surface area (Å²) >= 11 is 5.43. The van der Waals surface area contributed by atoms with Crippen LogP contribution in [-0.4, -0.2) is 11.8 Å². The van der Waals surface area contributed by atoms with Gasteiger partial charge in [-0.1, -0.05) is 17.7 Å². The molecule has 1 aromatic rings. The fourth-order valence-corrected chi connectivity index (χ4v) is 1.12. The second-order valence-electron chi connectivity index (χ2n) is 2.85. The number of rotatable bonds is 3. The van der Waals surface area contributed by atoms with Crippen molar-refractivity contribution in [1.82, 2.24) is 0 Å². The number of benzene rings is 1. The Morgan fingerprint density at radius 1 is 1.38 bits per heavy atom. The highest BCUT2D eigenvalue weighted by atomic mass is 35.5. The highest BCUT2D eigenvalue weighted by molar-refractivity contribution is 6.19. The van der Waals surface area contributed by atoms with E-state index in [1.165, 1.54) is 5.56 Å². The van der Waals surface area contributed by atoms with Crippen LogP contribution >= 0.6 is 11.6 Å². The third-order valence-electron chi connectivity index (χ3n) is 1.66. The van der Waals surface area contributed by atoms with Gasteiger partial charge in [0.2, 0.25) is 5.91 Å². The maximum absolute atomic E-state index is 11.1. The Morgan fingerprint density at radius 3 is 2.54 bits per heavy atom. The van der Waals surface area contributed by atoms with Crippen LogP contribution in [0.4, 0.5) is 5.69 Å². The molecule has 0 radical (unpaired) electrons. The molecule has 1 aromatic carbocycles. The standard InChI is InChI=1S/C10H12ClNO/c1-8-2-4-9(5-3-8)12-10(13)6-7-11/h2-5H,6-7H2,1H3,(H,12,13). The van der Waals surface area contributed by atoms with Crippen molar-refractivity contribution in [2.45, 2.75) is 13.3 Å². The van der Waals surface area contributed by atoms with Crippen LogP contribution in [0.3, 0.4) is 0 Å². The van der Waals surface area contributed by atoms with Gasteiger partial charge in [0.1, 0.15) is 0 Å². The number of alkyl halides is 1. The van der Waals surface area contributed by atoms with Gasteiger partial charge in [0.05, 0.1) is 0 Å². The maximum atomic E-state index is 11.1. The van der Waals surface area contributed by atoms with E-state index in [-0.39, 0.29) is 5.91 Å². The number of halogens is 1. The first kappa shape index (κ1) is 10.1. The van der Waals surface area contributed by atoms with Crippen molar-refractivity contribution < 1.29 is 4.79 Å².